The van der Waals surface area contributed by atoms with Gasteiger partial charge in [-0.2, -0.15) is 0 Å². The molecule has 1 aromatic carbocycles. The molecule has 1 amide bonds. The van der Waals surface area contributed by atoms with Crippen molar-refractivity contribution in [2.75, 3.05) is 17.3 Å². The van der Waals surface area contributed by atoms with Gasteiger partial charge >= 0.3 is 0 Å². The van der Waals surface area contributed by atoms with Crippen LogP contribution in [0, 0.1) is 0 Å². The molecule has 1 aliphatic rings. The fourth-order valence-electron chi connectivity index (χ4n) is 2.43. The predicted molar refractivity (Wildman–Crippen MR) is 97.7 cm³/mol. The van der Waals surface area contributed by atoms with Gasteiger partial charge in [-0.25, -0.2) is 8.42 Å². The van der Waals surface area contributed by atoms with Crippen molar-refractivity contribution in [3.05, 3.63) is 35.4 Å². The summed E-state index contributed by atoms with van der Waals surface area (Å²) >= 11 is 1.43. The minimum atomic E-state index is -2.88. The van der Waals surface area contributed by atoms with Crippen LogP contribution in [0.25, 0.3) is 0 Å². The van der Waals surface area contributed by atoms with E-state index in [0.29, 0.717) is 25.3 Å². The number of sulfone groups is 1. The van der Waals surface area contributed by atoms with Gasteiger partial charge in [-0.15, -0.1) is 11.8 Å². The Morgan fingerprint density at radius 2 is 2.12 bits per heavy atom. The van der Waals surface area contributed by atoms with E-state index < -0.39 is 9.84 Å². The highest BCUT2D eigenvalue weighted by molar-refractivity contribution is 8.02. The molecular weight excluding hydrogens is 346 g/mol. The van der Waals surface area contributed by atoms with Crippen molar-refractivity contribution in [1.82, 2.24) is 5.32 Å². The molecule has 0 spiro atoms. The second-order valence-electron chi connectivity index (χ2n) is 6.29. The summed E-state index contributed by atoms with van der Waals surface area (Å²) in [6.45, 7) is 5.03. The number of nitrogens with one attached hydrogen (secondary N) is 1. The van der Waals surface area contributed by atoms with Gasteiger partial charge in [-0.05, 0) is 31.4 Å². The lowest BCUT2D eigenvalue weighted by molar-refractivity contribution is -0.118. The van der Waals surface area contributed by atoms with Gasteiger partial charge in [0.05, 0.1) is 30.0 Å². The number of carbonyl (C=O) groups is 1. The minimum Gasteiger partial charge on any atom is -0.374 e. The molecule has 2 rings (SSSR count). The summed E-state index contributed by atoms with van der Waals surface area (Å²) in [4.78, 5) is 11.9. The number of carbonyl (C=O) groups excluding carboxylic acids is 1. The topological polar surface area (TPSA) is 72.5 Å². The third kappa shape index (κ3) is 6.83. The number of rotatable bonds is 8. The van der Waals surface area contributed by atoms with E-state index in [0.717, 1.165) is 11.1 Å². The van der Waals surface area contributed by atoms with Crippen LogP contribution in [-0.2, 0) is 32.5 Å². The second-order valence-corrected chi connectivity index (χ2v) is 9.81. The van der Waals surface area contributed by atoms with Crippen LogP contribution in [0.2, 0.25) is 0 Å². The number of benzene rings is 1. The van der Waals surface area contributed by atoms with Crippen molar-refractivity contribution in [1.29, 1.82) is 0 Å². The maximum absolute atomic E-state index is 11.9. The van der Waals surface area contributed by atoms with E-state index in [1.54, 1.807) is 0 Å². The zero-order valence-electron chi connectivity index (χ0n) is 14.2. The first kappa shape index (κ1) is 19.3. The normalized spacial score (nSPS) is 19.5. The highest BCUT2D eigenvalue weighted by Crippen LogP contribution is 2.23. The Kier molecular flexibility index (Phi) is 7.13. The molecule has 24 heavy (non-hydrogen) atoms. The molecule has 0 radical (unpaired) electrons. The molecule has 7 heteroatoms. The maximum atomic E-state index is 11.9. The Morgan fingerprint density at radius 1 is 1.38 bits per heavy atom. The molecule has 1 atom stereocenters. The van der Waals surface area contributed by atoms with Gasteiger partial charge in [0, 0.05) is 11.8 Å². The lowest BCUT2D eigenvalue weighted by atomic mass is 10.1. The summed E-state index contributed by atoms with van der Waals surface area (Å²) in [6.07, 6.45) is 0.836. The molecule has 5 nitrogen and oxygen atoms in total. The van der Waals surface area contributed by atoms with Crippen LogP contribution in [0.4, 0.5) is 0 Å². The number of hydrogen-bond donors (Lipinski definition) is 1. The lowest BCUT2D eigenvalue weighted by Gasteiger charge is -2.10. The Morgan fingerprint density at radius 3 is 2.79 bits per heavy atom. The van der Waals surface area contributed by atoms with Crippen molar-refractivity contribution >= 4 is 27.5 Å². The zero-order chi connectivity index (χ0) is 17.6. The van der Waals surface area contributed by atoms with Crippen molar-refractivity contribution in [2.24, 2.45) is 0 Å². The molecule has 0 bridgehead atoms. The van der Waals surface area contributed by atoms with Gasteiger partial charge < -0.3 is 10.1 Å². The quantitative estimate of drug-likeness (QED) is 0.758. The molecule has 0 saturated carbocycles. The van der Waals surface area contributed by atoms with Crippen LogP contribution in [0.1, 0.15) is 31.4 Å². The molecule has 0 aliphatic carbocycles. The molecule has 1 heterocycles. The number of thioether (sulfide) groups is 1. The summed E-state index contributed by atoms with van der Waals surface area (Å²) in [5, 5.41) is 2.94. The summed E-state index contributed by atoms with van der Waals surface area (Å²) < 4.78 is 28.4. The van der Waals surface area contributed by atoms with Gasteiger partial charge in [0.25, 0.3) is 0 Å². The van der Waals surface area contributed by atoms with Crippen LogP contribution in [0.3, 0.4) is 0 Å². The van der Waals surface area contributed by atoms with Crippen LogP contribution in [0.5, 0.6) is 0 Å². The molecule has 1 saturated heterocycles. The Labute approximate surface area is 148 Å². The molecule has 1 aliphatic heterocycles. The van der Waals surface area contributed by atoms with Crippen molar-refractivity contribution in [2.45, 2.75) is 44.8 Å². The fraction of sp³-hybridized carbons (Fsp3) is 0.588. The molecule has 1 N–H and O–H groups in total. The predicted octanol–water partition coefficient (Wildman–Crippen LogP) is 2.15. The van der Waals surface area contributed by atoms with Gasteiger partial charge in [0.2, 0.25) is 5.91 Å². The van der Waals surface area contributed by atoms with E-state index in [1.165, 1.54) is 11.8 Å². The van der Waals surface area contributed by atoms with E-state index >= 15 is 0 Å². The molecule has 1 fully saturated rings. The van der Waals surface area contributed by atoms with Crippen LogP contribution >= 0.6 is 11.8 Å². The van der Waals surface area contributed by atoms with Crippen LogP contribution in [-0.4, -0.2) is 42.9 Å². The van der Waals surface area contributed by atoms with Crippen molar-refractivity contribution in [3.63, 3.8) is 0 Å². The SMILES string of the molecule is CC(C)OCc1cccc(CNC(=O)CS[C@H]2CCS(=O)(=O)C2)c1. The smallest absolute Gasteiger partial charge is 0.230 e. The average molecular weight is 372 g/mol. The summed E-state index contributed by atoms with van der Waals surface area (Å²) in [7, 11) is -2.88. The van der Waals surface area contributed by atoms with Gasteiger partial charge in [-0.3, -0.25) is 4.79 Å². The van der Waals surface area contributed by atoms with E-state index in [1.807, 2.05) is 38.1 Å². The number of ether oxygens (including phenoxy) is 1. The largest absolute Gasteiger partial charge is 0.374 e. The fourth-order valence-corrected chi connectivity index (χ4v) is 5.90. The maximum Gasteiger partial charge on any atom is 0.230 e. The van der Waals surface area contributed by atoms with E-state index in [-0.39, 0.29) is 28.8 Å². The van der Waals surface area contributed by atoms with Crippen LogP contribution in [0.15, 0.2) is 24.3 Å². The molecular formula is C17H25NO4S2. The second kappa shape index (κ2) is 8.87. The van der Waals surface area contributed by atoms with Crippen LogP contribution < -0.4 is 5.32 Å². The van der Waals surface area contributed by atoms with Gasteiger partial charge in [0.1, 0.15) is 0 Å². The van der Waals surface area contributed by atoms with Crippen molar-refractivity contribution in [3.8, 4) is 0 Å². The number of hydrogen-bond acceptors (Lipinski definition) is 5. The minimum absolute atomic E-state index is 0.0530. The molecule has 1 aromatic rings. The van der Waals surface area contributed by atoms with Gasteiger partial charge in [-0.1, -0.05) is 24.3 Å². The van der Waals surface area contributed by atoms with Crippen molar-refractivity contribution < 1.29 is 17.9 Å². The lowest BCUT2D eigenvalue weighted by Crippen LogP contribution is -2.25. The Bertz CT molecular complexity index is 658. The third-order valence-electron chi connectivity index (χ3n) is 3.71. The highest BCUT2D eigenvalue weighted by Gasteiger charge is 2.28. The Balaban J connectivity index is 1.72. The van der Waals surface area contributed by atoms with E-state index in [4.69, 9.17) is 4.74 Å². The monoisotopic (exact) mass is 371 g/mol. The van der Waals surface area contributed by atoms with E-state index in [2.05, 4.69) is 5.32 Å². The first-order chi connectivity index (χ1) is 11.3. The zero-order valence-corrected chi connectivity index (χ0v) is 15.8. The Hall–Kier alpha value is -1.05. The third-order valence-corrected chi connectivity index (χ3v) is 6.99. The highest BCUT2D eigenvalue weighted by atomic mass is 32.2. The molecule has 134 valence electrons. The average Bonchev–Trinajstić information content (AvgIpc) is 2.88. The first-order valence-corrected chi connectivity index (χ1v) is 11.0. The van der Waals surface area contributed by atoms with E-state index in [9.17, 15) is 13.2 Å². The summed E-state index contributed by atoms with van der Waals surface area (Å²) in [5.41, 5.74) is 2.11. The molecule has 0 unspecified atom stereocenters. The summed E-state index contributed by atoms with van der Waals surface area (Å²) in [5.74, 6) is 0.685. The summed E-state index contributed by atoms with van der Waals surface area (Å²) in [6, 6.07) is 7.96. The van der Waals surface area contributed by atoms with Gasteiger partial charge in [0.15, 0.2) is 9.84 Å². The molecule has 0 aromatic heterocycles. The standard InChI is InChI=1S/C17H25NO4S2/c1-13(2)22-10-15-5-3-4-14(8-15)9-18-17(19)11-23-16-6-7-24(20,21)12-16/h3-5,8,13,16H,6-7,9-12H2,1-2H3,(H,18,19)/t16-/m0/s1. The number of amides is 1. The first-order valence-electron chi connectivity index (χ1n) is 8.12.